The molecule has 136 valence electrons. The number of carbonyl (C=O) groups is 1. The van der Waals surface area contributed by atoms with E-state index in [-0.39, 0.29) is 6.09 Å². The highest BCUT2D eigenvalue weighted by molar-refractivity contribution is 5.67. The van der Waals surface area contributed by atoms with Crippen LogP contribution in [-0.2, 0) is 4.74 Å². The van der Waals surface area contributed by atoms with Crippen molar-refractivity contribution in [2.45, 2.75) is 65.5 Å². The number of hydrogen-bond donors (Lipinski definition) is 1. The SMILES string of the molecule is CCCN1CCCC(C(C)NCCN(C)C(=O)OC(C)(C)C)C1. The minimum Gasteiger partial charge on any atom is -0.444 e. The lowest BCUT2D eigenvalue weighted by atomic mass is 9.91. The third-order valence-electron chi connectivity index (χ3n) is 4.41. The van der Waals surface area contributed by atoms with Crippen molar-refractivity contribution in [2.75, 3.05) is 39.8 Å². The molecule has 0 aromatic rings. The van der Waals surface area contributed by atoms with Crippen LogP contribution in [0.5, 0.6) is 0 Å². The predicted molar refractivity (Wildman–Crippen MR) is 95.8 cm³/mol. The van der Waals surface area contributed by atoms with Gasteiger partial charge in [-0.3, -0.25) is 0 Å². The van der Waals surface area contributed by atoms with Gasteiger partial charge in [0.25, 0.3) is 0 Å². The van der Waals surface area contributed by atoms with E-state index in [2.05, 4.69) is 24.1 Å². The number of nitrogens with one attached hydrogen (secondary N) is 1. The Bertz CT molecular complexity index is 353. The molecular formula is C18H37N3O2. The normalized spacial score (nSPS) is 21.0. The van der Waals surface area contributed by atoms with E-state index in [1.165, 1.54) is 38.9 Å². The van der Waals surface area contributed by atoms with Crippen LogP contribution in [0, 0.1) is 5.92 Å². The highest BCUT2D eigenvalue weighted by atomic mass is 16.6. The Balaban J connectivity index is 2.27. The van der Waals surface area contributed by atoms with Gasteiger partial charge in [-0.15, -0.1) is 0 Å². The third-order valence-corrected chi connectivity index (χ3v) is 4.41. The molecule has 1 aliphatic heterocycles. The quantitative estimate of drug-likeness (QED) is 0.781. The average molecular weight is 328 g/mol. The molecular weight excluding hydrogens is 290 g/mol. The molecule has 1 amide bonds. The molecule has 1 aliphatic rings. The first-order valence-electron chi connectivity index (χ1n) is 9.12. The summed E-state index contributed by atoms with van der Waals surface area (Å²) in [6.45, 7) is 15.3. The zero-order chi connectivity index (χ0) is 17.5. The topological polar surface area (TPSA) is 44.8 Å². The standard InChI is InChI=1S/C18H37N3O2/c1-7-11-21-12-8-9-16(14-21)15(2)19-10-13-20(6)17(22)23-18(3,4)5/h15-16,19H,7-14H2,1-6H3. The van der Waals surface area contributed by atoms with Crippen molar-refractivity contribution in [3.8, 4) is 0 Å². The van der Waals surface area contributed by atoms with Gasteiger partial charge in [-0.05, 0) is 66.0 Å². The molecule has 0 aromatic heterocycles. The summed E-state index contributed by atoms with van der Waals surface area (Å²) < 4.78 is 5.37. The maximum absolute atomic E-state index is 11.9. The first kappa shape index (κ1) is 20.2. The van der Waals surface area contributed by atoms with Crippen LogP contribution in [0.25, 0.3) is 0 Å². The predicted octanol–water partition coefficient (Wildman–Crippen LogP) is 2.95. The lowest BCUT2D eigenvalue weighted by Gasteiger charge is -2.36. The molecule has 1 fully saturated rings. The summed E-state index contributed by atoms with van der Waals surface area (Å²) in [4.78, 5) is 16.2. The summed E-state index contributed by atoms with van der Waals surface area (Å²) in [6, 6.07) is 0.488. The maximum atomic E-state index is 11.9. The number of carbonyl (C=O) groups excluding carboxylic acids is 1. The Kier molecular flexibility index (Phi) is 8.34. The van der Waals surface area contributed by atoms with Crippen LogP contribution in [0.3, 0.4) is 0 Å². The largest absolute Gasteiger partial charge is 0.444 e. The molecule has 0 aliphatic carbocycles. The molecule has 1 saturated heterocycles. The van der Waals surface area contributed by atoms with E-state index in [0.29, 0.717) is 18.5 Å². The monoisotopic (exact) mass is 327 g/mol. The van der Waals surface area contributed by atoms with Gasteiger partial charge >= 0.3 is 6.09 Å². The Morgan fingerprint density at radius 2 is 2.13 bits per heavy atom. The number of nitrogens with zero attached hydrogens (tertiary/aromatic N) is 2. The van der Waals surface area contributed by atoms with E-state index >= 15 is 0 Å². The Labute approximate surface area is 142 Å². The van der Waals surface area contributed by atoms with Gasteiger partial charge in [-0.25, -0.2) is 4.79 Å². The molecule has 1 rings (SSSR count). The fourth-order valence-corrected chi connectivity index (χ4v) is 3.08. The first-order chi connectivity index (χ1) is 10.7. The van der Waals surface area contributed by atoms with E-state index in [4.69, 9.17) is 4.74 Å². The lowest BCUT2D eigenvalue weighted by molar-refractivity contribution is 0.0298. The molecule has 0 spiro atoms. The summed E-state index contributed by atoms with van der Waals surface area (Å²) in [5.41, 5.74) is -0.434. The molecule has 5 heteroatoms. The van der Waals surface area contributed by atoms with E-state index in [1.54, 1.807) is 11.9 Å². The second kappa shape index (κ2) is 9.48. The van der Waals surface area contributed by atoms with Gasteiger partial charge in [0.1, 0.15) is 5.60 Å². The smallest absolute Gasteiger partial charge is 0.410 e. The van der Waals surface area contributed by atoms with Crippen LogP contribution >= 0.6 is 0 Å². The Hall–Kier alpha value is -0.810. The fraction of sp³-hybridized carbons (Fsp3) is 0.944. The number of rotatable bonds is 7. The van der Waals surface area contributed by atoms with Crippen LogP contribution in [-0.4, -0.2) is 67.3 Å². The van der Waals surface area contributed by atoms with E-state index in [1.807, 2.05) is 20.8 Å². The number of hydrogen-bond acceptors (Lipinski definition) is 4. The van der Waals surface area contributed by atoms with Crippen molar-refractivity contribution in [3.63, 3.8) is 0 Å². The molecule has 1 heterocycles. The van der Waals surface area contributed by atoms with Crippen LogP contribution in [0.15, 0.2) is 0 Å². The minimum atomic E-state index is -0.434. The maximum Gasteiger partial charge on any atom is 0.410 e. The second-order valence-electron chi connectivity index (χ2n) is 7.85. The van der Waals surface area contributed by atoms with Crippen molar-refractivity contribution in [3.05, 3.63) is 0 Å². The lowest BCUT2D eigenvalue weighted by Crippen LogP contribution is -2.46. The third kappa shape index (κ3) is 8.02. The molecule has 0 aromatic carbocycles. The summed E-state index contributed by atoms with van der Waals surface area (Å²) in [5.74, 6) is 0.710. The van der Waals surface area contributed by atoms with Crippen LogP contribution < -0.4 is 5.32 Å². The molecule has 0 bridgehead atoms. The summed E-state index contributed by atoms with van der Waals surface area (Å²) >= 11 is 0. The first-order valence-corrected chi connectivity index (χ1v) is 9.12. The highest BCUT2D eigenvalue weighted by Gasteiger charge is 2.24. The van der Waals surface area contributed by atoms with E-state index < -0.39 is 5.60 Å². The Morgan fingerprint density at radius 3 is 2.74 bits per heavy atom. The number of piperidine rings is 1. The summed E-state index contributed by atoms with van der Waals surface area (Å²) in [6.07, 6.45) is 3.58. The van der Waals surface area contributed by atoms with Gasteiger partial charge in [-0.1, -0.05) is 6.92 Å². The molecule has 0 saturated carbocycles. The highest BCUT2D eigenvalue weighted by Crippen LogP contribution is 2.19. The Morgan fingerprint density at radius 1 is 1.43 bits per heavy atom. The summed E-state index contributed by atoms with van der Waals surface area (Å²) in [7, 11) is 1.80. The van der Waals surface area contributed by atoms with Gasteiger partial charge in [0.2, 0.25) is 0 Å². The average Bonchev–Trinajstić information content (AvgIpc) is 2.46. The van der Waals surface area contributed by atoms with Gasteiger partial charge in [0.05, 0.1) is 0 Å². The van der Waals surface area contributed by atoms with Crippen molar-refractivity contribution >= 4 is 6.09 Å². The van der Waals surface area contributed by atoms with E-state index in [0.717, 1.165) is 6.54 Å². The van der Waals surface area contributed by atoms with Gasteiger partial charge in [-0.2, -0.15) is 0 Å². The molecule has 5 nitrogen and oxygen atoms in total. The molecule has 2 unspecified atom stereocenters. The van der Waals surface area contributed by atoms with E-state index in [9.17, 15) is 4.79 Å². The van der Waals surface area contributed by atoms with Crippen molar-refractivity contribution in [1.82, 2.24) is 15.1 Å². The van der Waals surface area contributed by atoms with Gasteiger partial charge < -0.3 is 19.9 Å². The zero-order valence-electron chi connectivity index (χ0n) is 16.0. The van der Waals surface area contributed by atoms with Crippen LogP contribution in [0.4, 0.5) is 4.79 Å². The minimum absolute atomic E-state index is 0.251. The number of likely N-dealkylation sites (tertiary alicyclic amines) is 1. The second-order valence-corrected chi connectivity index (χ2v) is 7.85. The van der Waals surface area contributed by atoms with Crippen LogP contribution in [0.1, 0.15) is 53.9 Å². The van der Waals surface area contributed by atoms with Gasteiger partial charge in [0.15, 0.2) is 0 Å². The number of likely N-dealkylation sites (N-methyl/N-ethyl adjacent to an activating group) is 1. The van der Waals surface area contributed by atoms with Crippen LogP contribution in [0.2, 0.25) is 0 Å². The molecule has 2 atom stereocenters. The van der Waals surface area contributed by atoms with Crippen molar-refractivity contribution < 1.29 is 9.53 Å². The summed E-state index contributed by atoms with van der Waals surface area (Å²) in [5, 5.41) is 3.59. The van der Waals surface area contributed by atoms with Crippen molar-refractivity contribution in [1.29, 1.82) is 0 Å². The molecule has 0 radical (unpaired) electrons. The molecule has 1 N–H and O–H groups in total. The zero-order valence-corrected chi connectivity index (χ0v) is 16.0. The fourth-order valence-electron chi connectivity index (χ4n) is 3.08. The number of amides is 1. The number of ether oxygens (including phenoxy) is 1. The van der Waals surface area contributed by atoms with Crippen molar-refractivity contribution in [2.24, 2.45) is 5.92 Å². The van der Waals surface area contributed by atoms with Gasteiger partial charge in [0, 0.05) is 32.7 Å². The molecule has 23 heavy (non-hydrogen) atoms.